The average molecular weight is 360 g/mol. The molecule has 25 heavy (non-hydrogen) atoms. The number of hydrogen-bond donors (Lipinski definition) is 3. The van der Waals surface area contributed by atoms with E-state index in [9.17, 15) is 31.5 Å². The fourth-order valence-electron chi connectivity index (χ4n) is 1.89. The van der Waals surface area contributed by atoms with E-state index in [0.717, 1.165) is 18.2 Å². The van der Waals surface area contributed by atoms with Crippen LogP contribution < -0.4 is 10.6 Å². The van der Waals surface area contributed by atoms with E-state index in [0.29, 0.717) is 18.2 Å². The minimum atomic E-state index is -4.79. The summed E-state index contributed by atoms with van der Waals surface area (Å²) in [5, 5.41) is 12.4. The zero-order chi connectivity index (χ0) is 18.8. The highest BCUT2D eigenvalue weighted by molar-refractivity contribution is 6.05. The molecule has 0 atom stereocenters. The molecule has 0 aliphatic carbocycles. The lowest BCUT2D eigenvalue weighted by Crippen LogP contribution is -2.17. The number of rotatable bonds is 3. The molecule has 0 spiro atoms. The van der Waals surface area contributed by atoms with Crippen molar-refractivity contribution in [2.45, 2.75) is 6.18 Å². The number of anilines is 2. The van der Waals surface area contributed by atoms with Gasteiger partial charge in [-0.25, -0.2) is 13.6 Å². The van der Waals surface area contributed by atoms with Crippen LogP contribution in [0.1, 0.15) is 15.9 Å². The summed E-state index contributed by atoms with van der Waals surface area (Å²) in [7, 11) is 0. The fraction of sp³-hybridized carbons (Fsp3) is 0.0667. The molecule has 2 aromatic carbocycles. The Morgan fingerprint density at radius 1 is 0.920 bits per heavy atom. The molecule has 0 bridgehead atoms. The highest BCUT2D eigenvalue weighted by Crippen LogP contribution is 2.30. The number of benzene rings is 2. The molecular formula is C15H9F5N2O3. The zero-order valence-corrected chi connectivity index (χ0v) is 12.1. The number of carboxylic acid groups (broad SMARTS) is 1. The molecule has 132 valence electrons. The van der Waals surface area contributed by atoms with Crippen LogP contribution in [-0.2, 0) is 6.18 Å². The van der Waals surface area contributed by atoms with E-state index in [2.05, 4.69) is 0 Å². The van der Waals surface area contributed by atoms with Gasteiger partial charge in [-0.1, -0.05) is 0 Å². The van der Waals surface area contributed by atoms with Gasteiger partial charge < -0.3 is 10.4 Å². The second-order valence-electron chi connectivity index (χ2n) is 4.77. The van der Waals surface area contributed by atoms with Crippen molar-refractivity contribution in [3.8, 4) is 0 Å². The van der Waals surface area contributed by atoms with E-state index in [4.69, 9.17) is 5.11 Å². The van der Waals surface area contributed by atoms with Crippen LogP contribution >= 0.6 is 0 Å². The number of carbonyl (C=O) groups is 2. The Kier molecular flexibility index (Phi) is 4.91. The normalized spacial score (nSPS) is 11.1. The van der Waals surface area contributed by atoms with Crippen molar-refractivity contribution in [3.05, 3.63) is 59.2 Å². The Labute approximate surface area is 137 Å². The maximum absolute atomic E-state index is 13.7. The van der Waals surface area contributed by atoms with Gasteiger partial charge in [-0.3, -0.25) is 10.1 Å². The highest BCUT2D eigenvalue weighted by Gasteiger charge is 2.32. The van der Waals surface area contributed by atoms with Crippen molar-refractivity contribution in [1.29, 1.82) is 0 Å². The molecule has 2 aromatic rings. The van der Waals surface area contributed by atoms with Gasteiger partial charge in [0.05, 0.1) is 16.8 Å². The number of alkyl halides is 3. The van der Waals surface area contributed by atoms with Crippen molar-refractivity contribution in [3.63, 3.8) is 0 Å². The molecule has 0 fully saturated rings. The third kappa shape index (κ3) is 4.43. The van der Waals surface area contributed by atoms with Crippen LogP contribution in [0.4, 0.5) is 38.1 Å². The molecule has 0 radical (unpaired) electrons. The van der Waals surface area contributed by atoms with Gasteiger partial charge in [0.1, 0.15) is 11.6 Å². The van der Waals surface area contributed by atoms with Gasteiger partial charge in [-0.2, -0.15) is 13.2 Å². The van der Waals surface area contributed by atoms with Crippen LogP contribution in [-0.4, -0.2) is 17.1 Å². The van der Waals surface area contributed by atoms with Crippen molar-refractivity contribution in [2.24, 2.45) is 0 Å². The van der Waals surface area contributed by atoms with Crippen LogP contribution in [0.25, 0.3) is 0 Å². The second kappa shape index (κ2) is 6.75. The SMILES string of the molecule is O=C(O)Nc1ccc(F)c(NC(=O)c2cc(C(F)(F)F)ccc2F)c1. The van der Waals surface area contributed by atoms with Crippen LogP contribution in [0.2, 0.25) is 0 Å². The zero-order valence-electron chi connectivity index (χ0n) is 12.1. The van der Waals surface area contributed by atoms with Gasteiger partial charge in [0.2, 0.25) is 0 Å². The van der Waals surface area contributed by atoms with Gasteiger partial charge in [-0.15, -0.1) is 0 Å². The van der Waals surface area contributed by atoms with E-state index in [-0.39, 0.29) is 5.69 Å². The summed E-state index contributed by atoms with van der Waals surface area (Å²) < 4.78 is 65.3. The molecule has 0 heterocycles. The lowest BCUT2D eigenvalue weighted by atomic mass is 10.1. The van der Waals surface area contributed by atoms with Gasteiger partial charge in [0.15, 0.2) is 0 Å². The first-order valence-electron chi connectivity index (χ1n) is 6.55. The van der Waals surface area contributed by atoms with Crippen LogP contribution in [0.15, 0.2) is 36.4 Å². The van der Waals surface area contributed by atoms with Gasteiger partial charge in [0, 0.05) is 5.69 Å². The Balaban J connectivity index is 2.32. The number of carbonyl (C=O) groups excluding carboxylic acids is 1. The topological polar surface area (TPSA) is 78.4 Å². The minimum Gasteiger partial charge on any atom is -0.465 e. The maximum Gasteiger partial charge on any atom is 0.416 e. The predicted octanol–water partition coefficient (Wildman–Crippen LogP) is 4.33. The van der Waals surface area contributed by atoms with Crippen LogP contribution in [0.3, 0.4) is 0 Å². The first-order valence-corrected chi connectivity index (χ1v) is 6.55. The molecular weight excluding hydrogens is 351 g/mol. The highest BCUT2D eigenvalue weighted by atomic mass is 19.4. The monoisotopic (exact) mass is 360 g/mol. The Morgan fingerprint density at radius 2 is 1.56 bits per heavy atom. The Morgan fingerprint density at radius 3 is 2.16 bits per heavy atom. The average Bonchev–Trinajstić information content (AvgIpc) is 2.49. The minimum absolute atomic E-state index is 0.103. The van der Waals surface area contributed by atoms with E-state index < -0.39 is 46.6 Å². The van der Waals surface area contributed by atoms with Gasteiger partial charge in [0.25, 0.3) is 5.91 Å². The molecule has 0 unspecified atom stereocenters. The number of nitrogens with one attached hydrogen (secondary N) is 2. The number of hydrogen-bond acceptors (Lipinski definition) is 2. The third-order valence-corrected chi connectivity index (χ3v) is 3.00. The lowest BCUT2D eigenvalue weighted by Gasteiger charge is -2.11. The summed E-state index contributed by atoms with van der Waals surface area (Å²) in [4.78, 5) is 22.5. The molecule has 0 saturated carbocycles. The molecule has 0 aromatic heterocycles. The van der Waals surface area contributed by atoms with Crippen LogP contribution in [0.5, 0.6) is 0 Å². The quantitative estimate of drug-likeness (QED) is 0.713. The fourth-order valence-corrected chi connectivity index (χ4v) is 1.89. The lowest BCUT2D eigenvalue weighted by molar-refractivity contribution is -0.137. The van der Waals surface area contributed by atoms with Crippen molar-refractivity contribution in [1.82, 2.24) is 0 Å². The molecule has 3 N–H and O–H groups in total. The summed E-state index contributed by atoms with van der Waals surface area (Å²) in [5.74, 6) is -3.54. The molecule has 2 amide bonds. The summed E-state index contributed by atoms with van der Waals surface area (Å²) in [6, 6.07) is 4.00. The Hall–Kier alpha value is -3.17. The molecule has 10 heteroatoms. The van der Waals surface area contributed by atoms with Crippen molar-refractivity contribution < 1.29 is 36.6 Å². The second-order valence-corrected chi connectivity index (χ2v) is 4.77. The summed E-state index contributed by atoms with van der Waals surface area (Å²) in [5.41, 5.74) is -2.83. The molecule has 0 aliphatic rings. The first kappa shape index (κ1) is 18.2. The molecule has 0 saturated heterocycles. The standard InChI is InChI=1S/C15H9F5N2O3/c16-10-3-1-7(15(18,19)20)5-9(10)13(23)22-12-6-8(21-14(24)25)2-4-11(12)17/h1-6,21H,(H,22,23)(H,24,25). The van der Waals surface area contributed by atoms with E-state index in [1.165, 1.54) is 0 Å². The van der Waals surface area contributed by atoms with Crippen molar-refractivity contribution in [2.75, 3.05) is 10.6 Å². The maximum atomic E-state index is 13.7. The van der Waals surface area contributed by atoms with Gasteiger partial charge in [-0.05, 0) is 36.4 Å². The number of amides is 2. The van der Waals surface area contributed by atoms with E-state index in [1.807, 2.05) is 10.6 Å². The largest absolute Gasteiger partial charge is 0.465 e. The summed E-state index contributed by atoms with van der Waals surface area (Å²) in [6.45, 7) is 0. The smallest absolute Gasteiger partial charge is 0.416 e. The number of halogens is 5. The van der Waals surface area contributed by atoms with Crippen molar-refractivity contribution >= 4 is 23.4 Å². The van der Waals surface area contributed by atoms with Crippen LogP contribution in [0, 0.1) is 11.6 Å². The summed E-state index contributed by atoms with van der Waals surface area (Å²) in [6.07, 6.45) is -6.24. The molecule has 0 aliphatic heterocycles. The molecule has 2 rings (SSSR count). The van der Waals surface area contributed by atoms with E-state index in [1.54, 1.807) is 0 Å². The summed E-state index contributed by atoms with van der Waals surface area (Å²) >= 11 is 0. The third-order valence-electron chi connectivity index (χ3n) is 3.00. The molecule has 5 nitrogen and oxygen atoms in total. The first-order chi connectivity index (χ1) is 11.6. The Bertz CT molecular complexity index is 836. The predicted molar refractivity (Wildman–Crippen MR) is 77.4 cm³/mol. The van der Waals surface area contributed by atoms with Gasteiger partial charge >= 0.3 is 12.3 Å². The van der Waals surface area contributed by atoms with E-state index >= 15 is 0 Å².